The third-order valence-corrected chi connectivity index (χ3v) is 5.99. The van der Waals surface area contributed by atoms with Crippen LogP contribution < -0.4 is 0 Å². The summed E-state index contributed by atoms with van der Waals surface area (Å²) in [6.07, 6.45) is 9.48. The van der Waals surface area contributed by atoms with E-state index in [1.807, 2.05) is 17.5 Å². The van der Waals surface area contributed by atoms with Gasteiger partial charge in [-0.25, -0.2) is 0 Å². The van der Waals surface area contributed by atoms with Gasteiger partial charge in [0.2, 0.25) is 0 Å². The molecule has 1 spiro atoms. The van der Waals surface area contributed by atoms with Crippen molar-refractivity contribution in [1.29, 1.82) is 0 Å². The average molecular weight is 264 g/mol. The predicted molar refractivity (Wildman–Crippen MR) is 73.0 cm³/mol. The van der Waals surface area contributed by atoms with E-state index in [1.54, 1.807) is 11.3 Å². The van der Waals surface area contributed by atoms with Crippen molar-refractivity contribution in [1.82, 2.24) is 0 Å². The van der Waals surface area contributed by atoms with Crippen molar-refractivity contribution in [3.8, 4) is 0 Å². The van der Waals surface area contributed by atoms with Crippen LogP contribution in [-0.4, -0.2) is 11.1 Å². The van der Waals surface area contributed by atoms with Crippen molar-refractivity contribution in [2.75, 3.05) is 0 Å². The fourth-order valence-electron chi connectivity index (χ4n) is 4.04. The van der Waals surface area contributed by atoms with Gasteiger partial charge in [-0.1, -0.05) is 31.7 Å². The lowest BCUT2D eigenvalue weighted by Crippen LogP contribution is -2.54. The zero-order valence-electron chi connectivity index (χ0n) is 10.7. The van der Waals surface area contributed by atoms with E-state index in [0.29, 0.717) is 5.41 Å². The molecule has 1 N–H and O–H groups in total. The summed E-state index contributed by atoms with van der Waals surface area (Å²) in [5.41, 5.74) is -0.211. The SMILES string of the molecule is O=C(O)C1(c2cccs2)CC2(CCCCCC2)C1. The predicted octanol–water partition coefficient (Wildman–Crippen LogP) is 4.20. The van der Waals surface area contributed by atoms with Crippen molar-refractivity contribution in [2.45, 2.75) is 56.8 Å². The zero-order valence-corrected chi connectivity index (χ0v) is 11.5. The Kier molecular flexibility index (Phi) is 2.97. The Morgan fingerprint density at radius 3 is 2.33 bits per heavy atom. The Labute approximate surface area is 112 Å². The van der Waals surface area contributed by atoms with Gasteiger partial charge >= 0.3 is 5.97 Å². The van der Waals surface area contributed by atoms with E-state index in [4.69, 9.17) is 0 Å². The van der Waals surface area contributed by atoms with Crippen molar-refractivity contribution in [3.05, 3.63) is 22.4 Å². The highest BCUT2D eigenvalue weighted by Gasteiger charge is 2.59. The van der Waals surface area contributed by atoms with Crippen molar-refractivity contribution in [2.24, 2.45) is 5.41 Å². The van der Waals surface area contributed by atoms with Gasteiger partial charge in [0, 0.05) is 4.88 Å². The minimum Gasteiger partial charge on any atom is -0.481 e. The molecular weight excluding hydrogens is 244 g/mol. The molecule has 0 atom stereocenters. The summed E-state index contributed by atoms with van der Waals surface area (Å²) in [7, 11) is 0. The first-order valence-electron chi connectivity index (χ1n) is 6.94. The molecule has 2 saturated carbocycles. The molecule has 1 aromatic heterocycles. The highest BCUT2D eigenvalue weighted by atomic mass is 32.1. The topological polar surface area (TPSA) is 37.3 Å². The molecular formula is C15H20O2S. The molecule has 0 amide bonds. The molecule has 0 aromatic carbocycles. The molecule has 2 aliphatic carbocycles. The van der Waals surface area contributed by atoms with Gasteiger partial charge in [0.25, 0.3) is 0 Å². The van der Waals surface area contributed by atoms with Crippen LogP contribution in [0, 0.1) is 5.41 Å². The lowest BCUT2D eigenvalue weighted by Gasteiger charge is -2.54. The molecule has 3 heteroatoms. The lowest BCUT2D eigenvalue weighted by molar-refractivity contribution is -0.155. The lowest BCUT2D eigenvalue weighted by atomic mass is 9.49. The Hall–Kier alpha value is -0.830. The molecule has 98 valence electrons. The third-order valence-electron chi connectivity index (χ3n) is 4.92. The summed E-state index contributed by atoms with van der Waals surface area (Å²) in [5.74, 6) is -0.611. The molecule has 0 unspecified atom stereocenters. The number of aliphatic carboxylic acids is 1. The van der Waals surface area contributed by atoms with Crippen LogP contribution in [0.25, 0.3) is 0 Å². The summed E-state index contributed by atoms with van der Waals surface area (Å²) in [5, 5.41) is 11.6. The van der Waals surface area contributed by atoms with Gasteiger partial charge in [-0.15, -0.1) is 11.3 Å². The highest BCUT2D eigenvalue weighted by molar-refractivity contribution is 7.10. The van der Waals surface area contributed by atoms with E-state index in [9.17, 15) is 9.90 Å². The van der Waals surface area contributed by atoms with Crippen molar-refractivity contribution < 1.29 is 9.90 Å². The summed E-state index contributed by atoms with van der Waals surface area (Å²) in [6, 6.07) is 3.98. The minimum atomic E-state index is -0.611. The molecule has 2 aliphatic rings. The average Bonchev–Trinajstić information content (AvgIpc) is 2.71. The van der Waals surface area contributed by atoms with Crippen LogP contribution in [0.4, 0.5) is 0 Å². The molecule has 18 heavy (non-hydrogen) atoms. The fraction of sp³-hybridized carbons (Fsp3) is 0.667. The van der Waals surface area contributed by atoms with Crippen LogP contribution in [0.2, 0.25) is 0 Å². The largest absolute Gasteiger partial charge is 0.481 e. The number of carboxylic acid groups (broad SMARTS) is 1. The number of carboxylic acids is 1. The van der Waals surface area contributed by atoms with Gasteiger partial charge in [-0.2, -0.15) is 0 Å². The number of carbonyl (C=O) groups is 1. The fourth-order valence-corrected chi connectivity index (χ4v) is 4.96. The molecule has 0 radical (unpaired) electrons. The van der Waals surface area contributed by atoms with Gasteiger partial charge < -0.3 is 5.11 Å². The second-order valence-corrected chi connectivity index (χ2v) is 7.08. The first-order valence-corrected chi connectivity index (χ1v) is 7.82. The zero-order chi connectivity index (χ0) is 12.6. The smallest absolute Gasteiger partial charge is 0.315 e. The number of hydrogen-bond donors (Lipinski definition) is 1. The van der Waals surface area contributed by atoms with E-state index in [2.05, 4.69) is 0 Å². The molecule has 0 saturated heterocycles. The van der Waals surface area contributed by atoms with Crippen LogP contribution in [0.1, 0.15) is 56.2 Å². The standard InChI is InChI=1S/C15H20O2S/c16-13(17)15(12-6-5-9-18-12)10-14(11-15)7-3-1-2-4-8-14/h5-6,9H,1-4,7-8,10-11H2,(H,16,17). The molecule has 1 heterocycles. The first kappa shape index (κ1) is 12.2. The molecule has 2 nitrogen and oxygen atoms in total. The van der Waals surface area contributed by atoms with Crippen LogP contribution >= 0.6 is 11.3 Å². The summed E-state index contributed by atoms with van der Waals surface area (Å²) in [4.78, 5) is 12.8. The third kappa shape index (κ3) is 1.80. The van der Waals surface area contributed by atoms with Crippen LogP contribution in [0.5, 0.6) is 0 Å². The normalized spacial score (nSPS) is 25.3. The quantitative estimate of drug-likeness (QED) is 0.869. The maximum atomic E-state index is 11.7. The monoisotopic (exact) mass is 264 g/mol. The van der Waals surface area contributed by atoms with Crippen LogP contribution in [0.3, 0.4) is 0 Å². The minimum absolute atomic E-state index is 0.346. The summed E-state index contributed by atoms with van der Waals surface area (Å²) in [6.45, 7) is 0. The number of hydrogen-bond acceptors (Lipinski definition) is 2. The Morgan fingerprint density at radius 1 is 1.17 bits per heavy atom. The van der Waals surface area contributed by atoms with E-state index < -0.39 is 11.4 Å². The number of rotatable bonds is 2. The second kappa shape index (κ2) is 4.37. The Balaban J connectivity index is 1.83. The maximum Gasteiger partial charge on any atom is 0.315 e. The van der Waals surface area contributed by atoms with Crippen LogP contribution in [0.15, 0.2) is 17.5 Å². The highest BCUT2D eigenvalue weighted by Crippen LogP contribution is 2.62. The molecule has 1 aromatic rings. The van der Waals surface area contributed by atoms with E-state index in [1.165, 1.54) is 38.5 Å². The molecule has 0 bridgehead atoms. The number of thiophene rings is 1. The van der Waals surface area contributed by atoms with Gasteiger partial charge in [0.05, 0.1) is 0 Å². The van der Waals surface area contributed by atoms with E-state index in [0.717, 1.165) is 17.7 Å². The van der Waals surface area contributed by atoms with Crippen molar-refractivity contribution >= 4 is 17.3 Å². The van der Waals surface area contributed by atoms with Crippen LogP contribution in [-0.2, 0) is 10.2 Å². The molecule has 2 fully saturated rings. The van der Waals surface area contributed by atoms with E-state index in [-0.39, 0.29) is 0 Å². The van der Waals surface area contributed by atoms with Gasteiger partial charge in [-0.3, -0.25) is 4.79 Å². The maximum absolute atomic E-state index is 11.7. The van der Waals surface area contributed by atoms with Gasteiger partial charge in [0.15, 0.2) is 0 Å². The van der Waals surface area contributed by atoms with Gasteiger partial charge in [-0.05, 0) is 42.5 Å². The Bertz CT molecular complexity index is 419. The van der Waals surface area contributed by atoms with Gasteiger partial charge in [0.1, 0.15) is 5.41 Å². The molecule has 0 aliphatic heterocycles. The Morgan fingerprint density at radius 2 is 1.83 bits per heavy atom. The van der Waals surface area contributed by atoms with E-state index >= 15 is 0 Å². The summed E-state index contributed by atoms with van der Waals surface area (Å²) < 4.78 is 0. The van der Waals surface area contributed by atoms with Crippen molar-refractivity contribution in [3.63, 3.8) is 0 Å². The summed E-state index contributed by atoms with van der Waals surface area (Å²) >= 11 is 1.61. The molecule has 3 rings (SSSR count). The first-order chi connectivity index (χ1) is 8.67. The second-order valence-electron chi connectivity index (χ2n) is 6.13.